The van der Waals surface area contributed by atoms with Crippen LogP contribution in [0.4, 0.5) is 10.5 Å². The van der Waals surface area contributed by atoms with Crippen molar-refractivity contribution < 1.29 is 9.53 Å². The lowest BCUT2D eigenvalue weighted by Gasteiger charge is -2.08. The number of anilines is 1. The Morgan fingerprint density at radius 1 is 1.44 bits per heavy atom. The normalized spacial score (nSPS) is 10.4. The summed E-state index contributed by atoms with van der Waals surface area (Å²) in [4.78, 5) is 11.5. The van der Waals surface area contributed by atoms with Crippen molar-refractivity contribution in [1.82, 2.24) is 0 Å². The Hall–Kier alpha value is -1.55. The molecule has 0 radical (unpaired) electrons. The third-order valence-electron chi connectivity index (χ3n) is 2.57. The molecule has 0 saturated carbocycles. The first kappa shape index (κ1) is 14.5. The lowest BCUT2D eigenvalue weighted by molar-refractivity contribution is 0.158. The molecule has 0 heterocycles. The minimum atomic E-state index is -0.409. The van der Waals surface area contributed by atoms with Crippen LogP contribution in [0.2, 0.25) is 0 Å². The maximum Gasteiger partial charge on any atom is 0.411 e. The molecule has 4 heteroatoms. The summed E-state index contributed by atoms with van der Waals surface area (Å²) < 4.78 is 5.09. The highest BCUT2D eigenvalue weighted by atomic mass is 16.5. The molecular weight excluding hydrogens is 228 g/mol. The van der Waals surface area contributed by atoms with Gasteiger partial charge in [0.15, 0.2) is 0 Å². The van der Waals surface area contributed by atoms with E-state index in [2.05, 4.69) is 19.2 Å². The predicted molar refractivity (Wildman–Crippen MR) is 73.4 cm³/mol. The number of nitrogens with one attached hydrogen (secondary N) is 1. The number of carbonyl (C=O) groups is 1. The van der Waals surface area contributed by atoms with Crippen LogP contribution in [0.5, 0.6) is 0 Å². The number of nitrogens with two attached hydrogens (primary N) is 1. The van der Waals surface area contributed by atoms with E-state index < -0.39 is 6.09 Å². The van der Waals surface area contributed by atoms with Crippen molar-refractivity contribution in [2.24, 2.45) is 11.7 Å². The van der Waals surface area contributed by atoms with E-state index >= 15 is 0 Å². The third-order valence-corrected chi connectivity index (χ3v) is 2.57. The summed E-state index contributed by atoms with van der Waals surface area (Å²) >= 11 is 0. The van der Waals surface area contributed by atoms with Crippen LogP contribution in [0.3, 0.4) is 0 Å². The van der Waals surface area contributed by atoms with E-state index in [-0.39, 0.29) is 0 Å². The maximum atomic E-state index is 11.5. The van der Waals surface area contributed by atoms with Crippen molar-refractivity contribution in [3.63, 3.8) is 0 Å². The van der Waals surface area contributed by atoms with E-state index in [0.717, 1.165) is 18.4 Å². The van der Waals surface area contributed by atoms with Crippen LogP contribution >= 0.6 is 0 Å². The van der Waals surface area contributed by atoms with Gasteiger partial charge in [-0.2, -0.15) is 0 Å². The lowest BCUT2D eigenvalue weighted by atomic mass is 10.1. The molecule has 0 aromatic heterocycles. The van der Waals surface area contributed by atoms with E-state index in [4.69, 9.17) is 10.5 Å². The van der Waals surface area contributed by atoms with Crippen molar-refractivity contribution in [3.8, 4) is 0 Å². The van der Waals surface area contributed by atoms with Crippen LogP contribution in [0, 0.1) is 5.92 Å². The van der Waals surface area contributed by atoms with Crippen LogP contribution in [0.15, 0.2) is 24.3 Å². The zero-order chi connectivity index (χ0) is 13.4. The SMILES string of the molecule is CC(C)CCCOC(=O)Nc1cccc(CN)c1. The summed E-state index contributed by atoms with van der Waals surface area (Å²) in [6.45, 7) is 5.22. The van der Waals surface area contributed by atoms with Gasteiger partial charge < -0.3 is 10.5 Å². The largest absolute Gasteiger partial charge is 0.449 e. The zero-order valence-corrected chi connectivity index (χ0v) is 11.1. The first-order valence-corrected chi connectivity index (χ1v) is 6.34. The van der Waals surface area contributed by atoms with Gasteiger partial charge >= 0.3 is 6.09 Å². The van der Waals surface area contributed by atoms with E-state index in [1.807, 2.05) is 24.3 Å². The lowest BCUT2D eigenvalue weighted by Crippen LogP contribution is -2.14. The monoisotopic (exact) mass is 250 g/mol. The highest BCUT2D eigenvalue weighted by Crippen LogP contribution is 2.10. The van der Waals surface area contributed by atoms with Crippen molar-refractivity contribution in [1.29, 1.82) is 0 Å². The quantitative estimate of drug-likeness (QED) is 0.762. The highest BCUT2D eigenvalue weighted by molar-refractivity contribution is 5.84. The van der Waals surface area contributed by atoms with Gasteiger partial charge in [-0.25, -0.2) is 4.79 Å². The second-order valence-corrected chi connectivity index (χ2v) is 4.70. The fourth-order valence-electron chi connectivity index (χ4n) is 1.59. The van der Waals surface area contributed by atoms with Crippen molar-refractivity contribution >= 4 is 11.8 Å². The Kier molecular flexibility index (Phi) is 6.22. The summed E-state index contributed by atoms with van der Waals surface area (Å²) in [6, 6.07) is 7.43. The van der Waals surface area contributed by atoms with E-state index in [0.29, 0.717) is 24.8 Å². The molecule has 1 aromatic carbocycles. The van der Waals surface area contributed by atoms with Gasteiger partial charge in [0.05, 0.1) is 6.61 Å². The van der Waals surface area contributed by atoms with Crippen LogP contribution < -0.4 is 11.1 Å². The Bertz CT molecular complexity index is 378. The van der Waals surface area contributed by atoms with Crippen LogP contribution in [0.25, 0.3) is 0 Å². The molecule has 0 aliphatic rings. The van der Waals surface area contributed by atoms with E-state index in [1.54, 1.807) is 0 Å². The standard InChI is InChI=1S/C14H22N2O2/c1-11(2)5-4-8-18-14(17)16-13-7-3-6-12(9-13)10-15/h3,6-7,9,11H,4-5,8,10,15H2,1-2H3,(H,16,17). The molecule has 0 fully saturated rings. The number of hydrogen-bond acceptors (Lipinski definition) is 3. The summed E-state index contributed by atoms with van der Waals surface area (Å²) in [7, 11) is 0. The fourth-order valence-corrected chi connectivity index (χ4v) is 1.59. The minimum Gasteiger partial charge on any atom is -0.449 e. The topological polar surface area (TPSA) is 64.3 Å². The first-order valence-electron chi connectivity index (χ1n) is 6.34. The number of rotatable bonds is 6. The highest BCUT2D eigenvalue weighted by Gasteiger charge is 2.03. The Balaban J connectivity index is 2.30. The molecule has 4 nitrogen and oxygen atoms in total. The number of benzene rings is 1. The molecular formula is C14H22N2O2. The van der Waals surface area contributed by atoms with Gasteiger partial charge in [0, 0.05) is 12.2 Å². The van der Waals surface area contributed by atoms with Gasteiger partial charge in [-0.3, -0.25) is 5.32 Å². The summed E-state index contributed by atoms with van der Waals surface area (Å²) in [5, 5.41) is 2.69. The number of amides is 1. The van der Waals surface area contributed by atoms with Gasteiger partial charge in [0.25, 0.3) is 0 Å². The average molecular weight is 250 g/mol. The fraction of sp³-hybridized carbons (Fsp3) is 0.500. The van der Waals surface area contributed by atoms with E-state index in [1.165, 1.54) is 0 Å². The van der Waals surface area contributed by atoms with Gasteiger partial charge in [-0.15, -0.1) is 0 Å². The van der Waals surface area contributed by atoms with Gasteiger partial charge in [-0.1, -0.05) is 26.0 Å². The molecule has 0 bridgehead atoms. The molecule has 1 aromatic rings. The molecule has 0 unspecified atom stereocenters. The van der Waals surface area contributed by atoms with E-state index in [9.17, 15) is 4.79 Å². The second kappa shape index (κ2) is 7.71. The average Bonchev–Trinajstić information content (AvgIpc) is 2.34. The predicted octanol–water partition coefficient (Wildman–Crippen LogP) is 3.13. The number of ether oxygens (including phenoxy) is 1. The zero-order valence-electron chi connectivity index (χ0n) is 11.1. The molecule has 0 aliphatic heterocycles. The number of hydrogen-bond donors (Lipinski definition) is 2. The second-order valence-electron chi connectivity index (χ2n) is 4.70. The molecule has 0 aliphatic carbocycles. The van der Waals surface area contributed by atoms with Crippen LogP contribution in [0.1, 0.15) is 32.3 Å². The Morgan fingerprint density at radius 2 is 2.22 bits per heavy atom. The van der Waals surface area contributed by atoms with Gasteiger partial charge in [-0.05, 0) is 36.5 Å². The Morgan fingerprint density at radius 3 is 2.89 bits per heavy atom. The van der Waals surface area contributed by atoms with Crippen molar-refractivity contribution in [3.05, 3.63) is 29.8 Å². The van der Waals surface area contributed by atoms with Crippen LogP contribution in [-0.4, -0.2) is 12.7 Å². The van der Waals surface area contributed by atoms with Gasteiger partial charge in [0.1, 0.15) is 0 Å². The smallest absolute Gasteiger partial charge is 0.411 e. The minimum absolute atomic E-state index is 0.409. The third kappa shape index (κ3) is 5.68. The summed E-state index contributed by atoms with van der Waals surface area (Å²) in [6.07, 6.45) is 1.55. The summed E-state index contributed by atoms with van der Waals surface area (Å²) in [5.41, 5.74) is 7.23. The first-order chi connectivity index (χ1) is 8.61. The van der Waals surface area contributed by atoms with Gasteiger partial charge in [0.2, 0.25) is 0 Å². The molecule has 0 spiro atoms. The Labute approximate surface area is 109 Å². The summed E-state index contributed by atoms with van der Waals surface area (Å²) in [5.74, 6) is 0.637. The molecule has 100 valence electrons. The molecule has 0 saturated heterocycles. The van der Waals surface area contributed by atoms with Crippen LogP contribution in [-0.2, 0) is 11.3 Å². The number of carbonyl (C=O) groups excluding carboxylic acids is 1. The van der Waals surface area contributed by atoms with Crippen molar-refractivity contribution in [2.75, 3.05) is 11.9 Å². The molecule has 3 N–H and O–H groups in total. The molecule has 1 amide bonds. The molecule has 0 atom stereocenters. The maximum absolute atomic E-state index is 11.5. The van der Waals surface area contributed by atoms with Crippen molar-refractivity contribution in [2.45, 2.75) is 33.2 Å². The molecule has 18 heavy (non-hydrogen) atoms. The molecule has 1 rings (SSSR count).